The maximum Gasteiger partial charge on any atom is 0.337 e. The highest BCUT2D eigenvalue weighted by Gasteiger charge is 2.39. The fraction of sp³-hybridized carbons (Fsp3) is 0.455. The number of aliphatic imine (C=N–C) groups is 1. The van der Waals surface area contributed by atoms with Gasteiger partial charge in [0.15, 0.2) is 6.04 Å². The third kappa shape index (κ3) is 2.45. The number of hydrogen-bond donors (Lipinski definition) is 0. The lowest BCUT2D eigenvalue weighted by Crippen LogP contribution is -2.28. The minimum absolute atomic E-state index is 0.245. The van der Waals surface area contributed by atoms with Crippen LogP contribution in [0.5, 0.6) is 0 Å². The zero-order valence-electron chi connectivity index (χ0n) is 8.98. The minimum Gasteiger partial charge on any atom is -0.458 e. The third-order valence-electron chi connectivity index (χ3n) is 1.86. The summed E-state index contributed by atoms with van der Waals surface area (Å²) in [6.07, 6.45) is 0. The Balaban J connectivity index is 1.93. The van der Waals surface area contributed by atoms with Gasteiger partial charge in [0.1, 0.15) is 5.60 Å². The first-order valence-electron chi connectivity index (χ1n) is 4.82. The predicted molar refractivity (Wildman–Crippen MR) is 60.5 cm³/mol. The average molecular weight is 223 g/mol. The highest BCUT2D eigenvalue weighted by Crippen LogP contribution is 2.25. The zero-order valence-corrected chi connectivity index (χ0v) is 9.80. The van der Waals surface area contributed by atoms with Crippen LogP contribution in [0.2, 0.25) is 0 Å². The van der Waals surface area contributed by atoms with Gasteiger partial charge in [0, 0.05) is 0 Å². The van der Waals surface area contributed by atoms with Gasteiger partial charge < -0.3 is 4.74 Å². The molecule has 1 atom stereocenters. The summed E-state index contributed by atoms with van der Waals surface area (Å²) >= 11 is 1.59. The highest BCUT2D eigenvalue weighted by molar-refractivity contribution is 7.12. The van der Waals surface area contributed by atoms with Gasteiger partial charge in [-0.2, -0.15) is 0 Å². The van der Waals surface area contributed by atoms with Gasteiger partial charge >= 0.3 is 5.97 Å². The summed E-state index contributed by atoms with van der Waals surface area (Å²) < 4.78 is 5.24. The largest absolute Gasteiger partial charge is 0.458 e. The molecule has 0 saturated carbocycles. The van der Waals surface area contributed by atoms with Crippen LogP contribution in [-0.2, 0) is 9.53 Å². The van der Waals surface area contributed by atoms with Crippen molar-refractivity contribution in [3.05, 3.63) is 22.4 Å². The standard InChI is InChI=1S/C11H13NO2S/c1-11(2,3)14-10(13)9-8(12-9)7-5-4-6-15-7/h4-6,9H,1-3H3. The molecule has 0 N–H and O–H groups in total. The molecule has 15 heavy (non-hydrogen) atoms. The molecule has 1 aromatic heterocycles. The molecule has 1 aliphatic heterocycles. The van der Waals surface area contributed by atoms with Crippen LogP contribution in [0.4, 0.5) is 0 Å². The number of hydrogen-bond acceptors (Lipinski definition) is 4. The molecule has 0 radical (unpaired) electrons. The first-order chi connectivity index (χ1) is 6.97. The van der Waals surface area contributed by atoms with Crippen molar-refractivity contribution in [2.75, 3.05) is 0 Å². The lowest BCUT2D eigenvalue weighted by molar-refractivity contribution is -0.153. The van der Waals surface area contributed by atoms with Crippen LogP contribution in [0.3, 0.4) is 0 Å². The molecule has 0 aromatic carbocycles. The number of nitrogens with zero attached hydrogens (tertiary/aromatic N) is 1. The van der Waals surface area contributed by atoms with Crippen molar-refractivity contribution >= 4 is 23.0 Å². The van der Waals surface area contributed by atoms with Crippen molar-refractivity contribution in [2.24, 2.45) is 4.99 Å². The van der Waals surface area contributed by atoms with E-state index in [9.17, 15) is 4.79 Å². The van der Waals surface area contributed by atoms with E-state index in [1.807, 2.05) is 38.3 Å². The van der Waals surface area contributed by atoms with Crippen molar-refractivity contribution in [1.29, 1.82) is 0 Å². The van der Waals surface area contributed by atoms with Crippen molar-refractivity contribution in [2.45, 2.75) is 32.4 Å². The van der Waals surface area contributed by atoms with E-state index in [2.05, 4.69) is 4.99 Å². The summed E-state index contributed by atoms with van der Waals surface area (Å²) in [6, 6.07) is 3.56. The van der Waals surface area contributed by atoms with Gasteiger partial charge in [-0.3, -0.25) is 4.99 Å². The Bertz CT molecular complexity index is 401. The van der Waals surface area contributed by atoms with Gasteiger partial charge in [-0.1, -0.05) is 6.07 Å². The molecular formula is C11H13NO2S. The van der Waals surface area contributed by atoms with Crippen LogP contribution in [0.1, 0.15) is 25.6 Å². The second-order valence-electron chi connectivity index (χ2n) is 4.43. The van der Waals surface area contributed by atoms with E-state index in [0.717, 1.165) is 10.6 Å². The molecule has 1 aliphatic rings. The first-order valence-corrected chi connectivity index (χ1v) is 5.70. The third-order valence-corrected chi connectivity index (χ3v) is 2.76. The molecule has 80 valence electrons. The molecule has 2 heterocycles. The molecule has 3 nitrogen and oxygen atoms in total. The fourth-order valence-electron chi connectivity index (χ4n) is 1.25. The monoisotopic (exact) mass is 223 g/mol. The van der Waals surface area contributed by atoms with E-state index in [4.69, 9.17) is 4.74 Å². The Labute approximate surface area is 92.8 Å². The average Bonchev–Trinajstić information content (AvgIpc) is 2.71. The maximum absolute atomic E-state index is 11.6. The van der Waals surface area contributed by atoms with Gasteiger partial charge in [0.25, 0.3) is 0 Å². The smallest absolute Gasteiger partial charge is 0.337 e. The summed E-state index contributed by atoms with van der Waals surface area (Å²) in [5, 5.41) is 1.97. The van der Waals surface area contributed by atoms with E-state index in [0.29, 0.717) is 0 Å². The second-order valence-corrected chi connectivity index (χ2v) is 5.38. The Morgan fingerprint density at radius 2 is 2.27 bits per heavy atom. The molecule has 2 rings (SSSR count). The van der Waals surface area contributed by atoms with Crippen molar-refractivity contribution in [1.82, 2.24) is 0 Å². The number of ether oxygens (including phenoxy) is 1. The normalized spacial score (nSPS) is 19.7. The lowest BCUT2D eigenvalue weighted by atomic mass is 10.2. The number of thiophene rings is 1. The molecule has 0 aliphatic carbocycles. The highest BCUT2D eigenvalue weighted by atomic mass is 32.1. The van der Waals surface area contributed by atoms with Gasteiger partial charge in [-0.15, -0.1) is 11.3 Å². The number of rotatable bonds is 2. The van der Waals surface area contributed by atoms with E-state index < -0.39 is 5.60 Å². The van der Waals surface area contributed by atoms with Gasteiger partial charge in [-0.25, -0.2) is 4.79 Å². The van der Waals surface area contributed by atoms with Gasteiger partial charge in [0.2, 0.25) is 0 Å². The SMILES string of the molecule is CC(C)(C)OC(=O)C1N=C1c1cccs1. The van der Waals surface area contributed by atoms with Crippen LogP contribution in [0.25, 0.3) is 0 Å². The van der Waals surface area contributed by atoms with Crippen LogP contribution in [-0.4, -0.2) is 23.3 Å². The number of esters is 1. The molecule has 4 heteroatoms. The zero-order chi connectivity index (χ0) is 11.1. The fourth-order valence-corrected chi connectivity index (χ4v) is 1.99. The number of carbonyl (C=O) groups is 1. The van der Waals surface area contributed by atoms with Crippen molar-refractivity contribution in [3.63, 3.8) is 0 Å². The molecule has 1 unspecified atom stereocenters. The van der Waals surface area contributed by atoms with Crippen molar-refractivity contribution < 1.29 is 9.53 Å². The van der Waals surface area contributed by atoms with E-state index in [1.165, 1.54) is 0 Å². The van der Waals surface area contributed by atoms with Gasteiger partial charge in [0.05, 0.1) is 10.6 Å². The Morgan fingerprint density at radius 3 is 2.80 bits per heavy atom. The van der Waals surface area contributed by atoms with Crippen LogP contribution in [0, 0.1) is 0 Å². The van der Waals surface area contributed by atoms with Gasteiger partial charge in [-0.05, 0) is 32.2 Å². The van der Waals surface area contributed by atoms with Crippen molar-refractivity contribution in [3.8, 4) is 0 Å². The summed E-state index contributed by atoms with van der Waals surface area (Å²) in [4.78, 5) is 16.8. The van der Waals surface area contributed by atoms with Crippen LogP contribution in [0.15, 0.2) is 22.5 Å². The molecule has 0 spiro atoms. The summed E-state index contributed by atoms with van der Waals surface area (Å²) in [7, 11) is 0. The summed E-state index contributed by atoms with van der Waals surface area (Å²) in [6.45, 7) is 5.58. The van der Waals surface area contributed by atoms with E-state index in [-0.39, 0.29) is 12.0 Å². The summed E-state index contributed by atoms with van der Waals surface area (Å²) in [5.74, 6) is -0.245. The second kappa shape index (κ2) is 3.45. The topological polar surface area (TPSA) is 38.7 Å². The molecular weight excluding hydrogens is 210 g/mol. The maximum atomic E-state index is 11.6. The lowest BCUT2D eigenvalue weighted by Gasteiger charge is -2.18. The minimum atomic E-state index is -0.435. The molecule has 0 amide bonds. The quantitative estimate of drug-likeness (QED) is 0.721. The summed E-state index contributed by atoms with van der Waals surface area (Å²) in [5.41, 5.74) is 0.426. The predicted octanol–water partition coefficient (Wildman–Crippen LogP) is 2.26. The molecule has 0 saturated heterocycles. The molecule has 1 aromatic rings. The van der Waals surface area contributed by atoms with Crippen LogP contribution >= 0.6 is 11.3 Å². The molecule has 0 fully saturated rings. The Kier molecular flexibility index (Phi) is 2.38. The first kappa shape index (κ1) is 10.4. The molecule has 0 bridgehead atoms. The Hall–Kier alpha value is -1.16. The van der Waals surface area contributed by atoms with E-state index in [1.54, 1.807) is 11.3 Å². The van der Waals surface area contributed by atoms with E-state index >= 15 is 0 Å². The number of carbonyl (C=O) groups excluding carboxylic acids is 1. The Morgan fingerprint density at radius 1 is 1.53 bits per heavy atom. The van der Waals surface area contributed by atoms with Crippen LogP contribution < -0.4 is 0 Å².